The molecule has 1 fully saturated rings. The highest BCUT2D eigenvalue weighted by Gasteiger charge is 2.43. The number of thioether (sulfide) groups is 1. The molecule has 7 heteroatoms. The fourth-order valence-corrected chi connectivity index (χ4v) is 4.72. The molecule has 19 heavy (non-hydrogen) atoms. The Morgan fingerprint density at radius 3 is 2.84 bits per heavy atom. The molecular formula is C12H14BrNO3S2. The summed E-state index contributed by atoms with van der Waals surface area (Å²) in [6.45, 7) is 0. The molecule has 1 amide bonds. The van der Waals surface area contributed by atoms with E-state index in [1.165, 1.54) is 0 Å². The molecule has 4 nitrogen and oxygen atoms in total. The molecule has 2 N–H and O–H groups in total. The number of carboxylic acids is 1. The predicted octanol–water partition coefficient (Wildman–Crippen LogP) is 2.52. The van der Waals surface area contributed by atoms with Crippen LogP contribution in [-0.4, -0.2) is 34.0 Å². The second-order valence-electron chi connectivity index (χ2n) is 4.47. The largest absolute Gasteiger partial charge is 0.479 e. The van der Waals surface area contributed by atoms with Gasteiger partial charge in [0.25, 0.3) is 0 Å². The van der Waals surface area contributed by atoms with E-state index in [1.54, 1.807) is 23.1 Å². The Balaban J connectivity index is 1.88. The number of carbonyl (C=O) groups is 2. The Hall–Kier alpha value is -0.530. The van der Waals surface area contributed by atoms with Crippen LogP contribution in [-0.2, 0) is 16.0 Å². The van der Waals surface area contributed by atoms with Crippen LogP contribution < -0.4 is 5.32 Å². The van der Waals surface area contributed by atoms with Gasteiger partial charge in [0.15, 0.2) is 0 Å². The van der Waals surface area contributed by atoms with Crippen LogP contribution in [0, 0.1) is 0 Å². The molecular weight excluding hydrogens is 350 g/mol. The van der Waals surface area contributed by atoms with Gasteiger partial charge in [0.2, 0.25) is 5.91 Å². The van der Waals surface area contributed by atoms with Crippen molar-refractivity contribution >= 4 is 50.9 Å². The number of nitrogens with one attached hydrogen (secondary N) is 1. The average molecular weight is 364 g/mol. The van der Waals surface area contributed by atoms with E-state index in [2.05, 4.69) is 21.2 Å². The van der Waals surface area contributed by atoms with E-state index in [4.69, 9.17) is 0 Å². The van der Waals surface area contributed by atoms with Crippen molar-refractivity contribution in [2.45, 2.75) is 24.8 Å². The fourth-order valence-electron chi connectivity index (χ4n) is 1.94. The van der Waals surface area contributed by atoms with E-state index in [0.717, 1.165) is 15.1 Å². The number of aryl methyl sites for hydroxylation is 1. The van der Waals surface area contributed by atoms with Crippen LogP contribution in [0.25, 0.3) is 0 Å². The van der Waals surface area contributed by atoms with Gasteiger partial charge in [0, 0.05) is 26.9 Å². The molecule has 1 aromatic rings. The Morgan fingerprint density at radius 2 is 2.32 bits per heavy atom. The van der Waals surface area contributed by atoms with Crippen molar-refractivity contribution in [2.75, 3.05) is 11.5 Å². The normalized spacial score (nSPS) is 22.4. The van der Waals surface area contributed by atoms with Gasteiger partial charge < -0.3 is 10.4 Å². The van der Waals surface area contributed by atoms with Gasteiger partial charge in [-0.05, 0) is 40.6 Å². The third-order valence-electron chi connectivity index (χ3n) is 3.03. The second-order valence-corrected chi connectivity index (χ2v) is 7.49. The van der Waals surface area contributed by atoms with Crippen molar-refractivity contribution in [2.24, 2.45) is 0 Å². The monoisotopic (exact) mass is 363 g/mol. The maximum atomic E-state index is 11.9. The minimum absolute atomic E-state index is 0.186. The van der Waals surface area contributed by atoms with Gasteiger partial charge in [-0.15, -0.1) is 11.3 Å². The number of rotatable bonds is 5. The summed E-state index contributed by atoms with van der Waals surface area (Å²) >= 11 is 6.53. The summed E-state index contributed by atoms with van der Waals surface area (Å²) in [4.78, 5) is 24.3. The van der Waals surface area contributed by atoms with Crippen LogP contribution in [0.2, 0.25) is 0 Å². The van der Waals surface area contributed by atoms with Crippen LogP contribution in [0.5, 0.6) is 0 Å². The Morgan fingerprint density at radius 1 is 1.53 bits per heavy atom. The molecule has 1 aliphatic rings. The summed E-state index contributed by atoms with van der Waals surface area (Å²) in [5.74, 6) is 0.127. The summed E-state index contributed by atoms with van der Waals surface area (Å²) < 4.78 is 1.02. The highest BCUT2D eigenvalue weighted by atomic mass is 79.9. The number of carboxylic acid groups (broad SMARTS) is 1. The molecule has 2 heterocycles. The number of halogens is 1. The number of hydrogen-bond donors (Lipinski definition) is 2. The summed E-state index contributed by atoms with van der Waals surface area (Å²) in [5, 5.41) is 13.9. The van der Waals surface area contributed by atoms with Gasteiger partial charge in [-0.2, -0.15) is 11.8 Å². The topological polar surface area (TPSA) is 66.4 Å². The van der Waals surface area contributed by atoms with Gasteiger partial charge in [0.05, 0.1) is 0 Å². The summed E-state index contributed by atoms with van der Waals surface area (Å²) in [5.41, 5.74) is -1.06. The number of thiophene rings is 1. The third kappa shape index (κ3) is 3.73. The lowest BCUT2D eigenvalue weighted by atomic mass is 9.99. The SMILES string of the molecule is O=C(CCc1cc(Br)cs1)NC1(C(=O)O)CCSC1. The first kappa shape index (κ1) is 14.9. The maximum Gasteiger partial charge on any atom is 0.330 e. The smallest absolute Gasteiger partial charge is 0.330 e. The van der Waals surface area contributed by atoms with Crippen molar-refractivity contribution in [3.63, 3.8) is 0 Å². The molecule has 0 radical (unpaired) electrons. The summed E-state index contributed by atoms with van der Waals surface area (Å²) in [7, 11) is 0. The Kier molecular flexibility index (Phi) is 4.92. The van der Waals surface area contributed by atoms with E-state index in [9.17, 15) is 14.7 Å². The van der Waals surface area contributed by atoms with Crippen LogP contribution in [0.1, 0.15) is 17.7 Å². The lowest BCUT2D eigenvalue weighted by Crippen LogP contribution is -2.54. The first-order valence-corrected chi connectivity index (χ1v) is 8.70. The van der Waals surface area contributed by atoms with Crippen molar-refractivity contribution in [3.8, 4) is 0 Å². The summed E-state index contributed by atoms with van der Waals surface area (Å²) in [6, 6.07) is 1.98. The lowest BCUT2D eigenvalue weighted by Gasteiger charge is -2.24. The highest BCUT2D eigenvalue weighted by molar-refractivity contribution is 9.10. The van der Waals surface area contributed by atoms with E-state index >= 15 is 0 Å². The molecule has 2 rings (SSSR count). The standard InChI is InChI=1S/C12H14BrNO3S2/c13-8-5-9(19-6-8)1-2-10(15)14-12(11(16)17)3-4-18-7-12/h5-6H,1-4,7H2,(H,14,15)(H,16,17). The van der Waals surface area contributed by atoms with Crippen molar-refractivity contribution in [3.05, 3.63) is 20.8 Å². The van der Waals surface area contributed by atoms with E-state index in [0.29, 0.717) is 25.0 Å². The molecule has 0 aliphatic carbocycles. The van der Waals surface area contributed by atoms with Crippen LogP contribution >= 0.6 is 39.0 Å². The first-order chi connectivity index (χ1) is 9.02. The molecule has 1 aromatic heterocycles. The first-order valence-electron chi connectivity index (χ1n) is 5.87. The zero-order valence-corrected chi connectivity index (χ0v) is 13.4. The zero-order chi connectivity index (χ0) is 13.9. The fraction of sp³-hybridized carbons (Fsp3) is 0.500. The van der Waals surface area contributed by atoms with Crippen molar-refractivity contribution < 1.29 is 14.7 Å². The molecule has 1 saturated heterocycles. The minimum Gasteiger partial charge on any atom is -0.479 e. The van der Waals surface area contributed by atoms with Gasteiger partial charge in [0.1, 0.15) is 5.54 Å². The van der Waals surface area contributed by atoms with Gasteiger partial charge >= 0.3 is 5.97 Å². The molecule has 0 bridgehead atoms. The lowest BCUT2D eigenvalue weighted by molar-refractivity contribution is -0.146. The second kappa shape index (κ2) is 6.28. The minimum atomic E-state index is -1.06. The van der Waals surface area contributed by atoms with Crippen LogP contribution in [0.15, 0.2) is 15.9 Å². The predicted molar refractivity (Wildman–Crippen MR) is 80.8 cm³/mol. The number of amides is 1. The number of aliphatic carboxylic acids is 1. The van der Waals surface area contributed by atoms with Gasteiger partial charge in [-0.1, -0.05) is 0 Å². The molecule has 1 aliphatic heterocycles. The molecule has 104 valence electrons. The molecule has 0 aromatic carbocycles. The van der Waals surface area contributed by atoms with E-state index in [1.807, 2.05) is 11.4 Å². The Bertz CT molecular complexity index is 483. The number of carbonyl (C=O) groups excluding carboxylic acids is 1. The zero-order valence-electron chi connectivity index (χ0n) is 10.1. The van der Waals surface area contributed by atoms with Crippen molar-refractivity contribution in [1.82, 2.24) is 5.32 Å². The van der Waals surface area contributed by atoms with Gasteiger partial charge in [-0.25, -0.2) is 4.79 Å². The Labute approximate surface area is 128 Å². The molecule has 0 spiro atoms. The highest BCUT2D eigenvalue weighted by Crippen LogP contribution is 2.28. The maximum absolute atomic E-state index is 11.9. The van der Waals surface area contributed by atoms with E-state index < -0.39 is 11.5 Å². The van der Waals surface area contributed by atoms with Crippen molar-refractivity contribution in [1.29, 1.82) is 0 Å². The van der Waals surface area contributed by atoms with Crippen LogP contribution in [0.4, 0.5) is 0 Å². The molecule has 1 unspecified atom stereocenters. The molecule has 1 atom stereocenters. The summed E-state index contributed by atoms with van der Waals surface area (Å²) in [6.07, 6.45) is 1.47. The van der Waals surface area contributed by atoms with E-state index in [-0.39, 0.29) is 5.91 Å². The third-order valence-corrected chi connectivity index (χ3v) is 5.98. The molecule has 0 saturated carbocycles. The number of hydrogen-bond acceptors (Lipinski definition) is 4. The van der Waals surface area contributed by atoms with Gasteiger partial charge in [-0.3, -0.25) is 4.79 Å². The van der Waals surface area contributed by atoms with Crippen LogP contribution in [0.3, 0.4) is 0 Å². The quantitative estimate of drug-likeness (QED) is 0.843. The average Bonchev–Trinajstić information content (AvgIpc) is 2.97.